The maximum absolute atomic E-state index is 12.6. The van der Waals surface area contributed by atoms with E-state index in [0.717, 1.165) is 16.8 Å². The SMILES string of the molecule is O=C(Nc1nc(-c2ccc(-c3ccccc3)cc2)cs1)C1COc2ccccc2O1. The minimum Gasteiger partial charge on any atom is -0.485 e. The molecule has 0 spiro atoms. The zero-order chi connectivity index (χ0) is 20.3. The van der Waals surface area contributed by atoms with Crippen LogP contribution in [0.15, 0.2) is 84.2 Å². The first-order valence-electron chi connectivity index (χ1n) is 9.57. The van der Waals surface area contributed by atoms with Crippen LogP contribution in [0.4, 0.5) is 5.13 Å². The van der Waals surface area contributed by atoms with E-state index < -0.39 is 6.10 Å². The summed E-state index contributed by atoms with van der Waals surface area (Å²) in [6, 6.07) is 25.8. The summed E-state index contributed by atoms with van der Waals surface area (Å²) in [5.41, 5.74) is 4.14. The lowest BCUT2D eigenvalue weighted by Crippen LogP contribution is -2.40. The van der Waals surface area contributed by atoms with Gasteiger partial charge >= 0.3 is 0 Å². The van der Waals surface area contributed by atoms with Crippen LogP contribution in [0.3, 0.4) is 0 Å². The van der Waals surface area contributed by atoms with Crippen LogP contribution in [0.25, 0.3) is 22.4 Å². The molecule has 1 N–H and O–H groups in total. The minimum absolute atomic E-state index is 0.169. The second kappa shape index (κ2) is 8.00. The number of aromatic nitrogens is 1. The molecule has 30 heavy (non-hydrogen) atoms. The number of hydrogen-bond acceptors (Lipinski definition) is 5. The molecule has 1 aromatic heterocycles. The molecule has 1 aliphatic rings. The third kappa shape index (κ3) is 3.77. The van der Waals surface area contributed by atoms with Crippen molar-refractivity contribution >= 4 is 22.4 Å². The summed E-state index contributed by atoms with van der Waals surface area (Å²) in [6.07, 6.45) is -0.711. The van der Waals surface area contributed by atoms with Gasteiger partial charge in [0.1, 0.15) is 6.61 Å². The zero-order valence-corrected chi connectivity index (χ0v) is 16.8. The van der Waals surface area contributed by atoms with E-state index in [1.807, 2.05) is 53.9 Å². The monoisotopic (exact) mass is 414 g/mol. The van der Waals surface area contributed by atoms with E-state index in [-0.39, 0.29) is 12.5 Å². The summed E-state index contributed by atoms with van der Waals surface area (Å²) in [5.74, 6) is 0.948. The summed E-state index contributed by atoms with van der Waals surface area (Å²) in [5, 5.41) is 5.30. The number of amides is 1. The van der Waals surface area contributed by atoms with Crippen molar-refractivity contribution in [2.24, 2.45) is 0 Å². The third-order valence-corrected chi connectivity index (χ3v) is 5.58. The topological polar surface area (TPSA) is 60.5 Å². The van der Waals surface area contributed by atoms with Gasteiger partial charge in [0, 0.05) is 10.9 Å². The molecule has 1 unspecified atom stereocenters. The Labute approximate surface area is 177 Å². The van der Waals surface area contributed by atoms with Crippen LogP contribution in [-0.4, -0.2) is 23.6 Å². The van der Waals surface area contributed by atoms with E-state index >= 15 is 0 Å². The number of nitrogens with zero attached hydrogens (tertiary/aromatic N) is 1. The number of anilines is 1. The van der Waals surface area contributed by atoms with E-state index in [2.05, 4.69) is 34.6 Å². The number of nitrogens with one attached hydrogen (secondary N) is 1. The van der Waals surface area contributed by atoms with Crippen molar-refractivity contribution in [1.82, 2.24) is 4.98 Å². The molecule has 5 rings (SSSR count). The van der Waals surface area contributed by atoms with Crippen LogP contribution in [0.2, 0.25) is 0 Å². The van der Waals surface area contributed by atoms with Crippen molar-refractivity contribution in [3.05, 3.63) is 84.2 Å². The van der Waals surface area contributed by atoms with Gasteiger partial charge in [0.05, 0.1) is 5.69 Å². The lowest BCUT2D eigenvalue weighted by molar-refractivity contribution is -0.125. The first kappa shape index (κ1) is 18.4. The Morgan fingerprint density at radius 2 is 1.53 bits per heavy atom. The van der Waals surface area contributed by atoms with Gasteiger partial charge in [-0.1, -0.05) is 66.7 Å². The van der Waals surface area contributed by atoms with Crippen molar-refractivity contribution in [2.45, 2.75) is 6.10 Å². The highest BCUT2D eigenvalue weighted by Gasteiger charge is 2.27. The van der Waals surface area contributed by atoms with E-state index in [0.29, 0.717) is 16.6 Å². The largest absolute Gasteiger partial charge is 0.485 e. The van der Waals surface area contributed by atoms with E-state index in [4.69, 9.17) is 9.47 Å². The molecule has 6 heteroatoms. The fraction of sp³-hybridized carbons (Fsp3) is 0.0833. The molecule has 0 bridgehead atoms. The Kier molecular flexibility index (Phi) is 4.91. The van der Waals surface area contributed by atoms with E-state index in [1.54, 1.807) is 6.07 Å². The van der Waals surface area contributed by atoms with Gasteiger partial charge in [-0.2, -0.15) is 0 Å². The molecule has 5 nitrogen and oxygen atoms in total. The predicted molar refractivity (Wildman–Crippen MR) is 118 cm³/mol. The number of para-hydroxylation sites is 2. The molecule has 1 aliphatic heterocycles. The molecular formula is C24H18N2O3S. The summed E-state index contributed by atoms with van der Waals surface area (Å²) in [6.45, 7) is 0.169. The summed E-state index contributed by atoms with van der Waals surface area (Å²) < 4.78 is 11.4. The number of fused-ring (bicyclic) bond motifs is 1. The van der Waals surface area contributed by atoms with Crippen LogP contribution in [0.1, 0.15) is 0 Å². The molecule has 2 heterocycles. The first-order chi connectivity index (χ1) is 14.8. The zero-order valence-electron chi connectivity index (χ0n) is 15.9. The Morgan fingerprint density at radius 3 is 2.33 bits per heavy atom. The van der Waals surface area contributed by atoms with Gasteiger partial charge in [-0.25, -0.2) is 4.98 Å². The number of ether oxygens (including phenoxy) is 2. The van der Waals surface area contributed by atoms with Crippen LogP contribution in [-0.2, 0) is 4.79 Å². The Hall–Kier alpha value is -3.64. The Balaban J connectivity index is 1.26. The lowest BCUT2D eigenvalue weighted by atomic mass is 10.0. The quantitative estimate of drug-likeness (QED) is 0.495. The van der Waals surface area contributed by atoms with Gasteiger partial charge in [0.2, 0.25) is 6.10 Å². The minimum atomic E-state index is -0.711. The van der Waals surface area contributed by atoms with Gasteiger partial charge in [0.15, 0.2) is 16.6 Å². The van der Waals surface area contributed by atoms with Crippen LogP contribution >= 0.6 is 11.3 Å². The summed E-state index contributed by atoms with van der Waals surface area (Å²) >= 11 is 1.38. The molecule has 0 saturated heterocycles. The number of benzene rings is 3. The lowest BCUT2D eigenvalue weighted by Gasteiger charge is -2.25. The third-order valence-electron chi connectivity index (χ3n) is 4.82. The van der Waals surface area contributed by atoms with Crippen LogP contribution in [0.5, 0.6) is 11.5 Å². The maximum atomic E-state index is 12.6. The highest BCUT2D eigenvalue weighted by Crippen LogP contribution is 2.32. The standard InChI is InChI=1S/C24H18N2O3S/c27-23(22-14-28-20-8-4-5-9-21(20)29-22)26-24-25-19(15-30-24)18-12-10-17(11-13-18)16-6-2-1-3-7-16/h1-13,15,22H,14H2,(H,25,26,27). The van der Waals surface area contributed by atoms with Crippen LogP contribution < -0.4 is 14.8 Å². The van der Waals surface area contributed by atoms with Crippen molar-refractivity contribution < 1.29 is 14.3 Å². The Morgan fingerprint density at radius 1 is 0.867 bits per heavy atom. The molecule has 148 valence electrons. The molecular weight excluding hydrogens is 396 g/mol. The molecule has 3 aromatic carbocycles. The fourth-order valence-corrected chi connectivity index (χ4v) is 3.99. The van der Waals surface area contributed by atoms with Gasteiger partial charge < -0.3 is 9.47 Å². The highest BCUT2D eigenvalue weighted by molar-refractivity contribution is 7.14. The summed E-state index contributed by atoms with van der Waals surface area (Å²) in [4.78, 5) is 17.1. The smallest absolute Gasteiger partial charge is 0.270 e. The second-order valence-corrected chi connectivity index (χ2v) is 7.69. The van der Waals surface area contributed by atoms with Crippen molar-refractivity contribution in [2.75, 3.05) is 11.9 Å². The normalized spacial score (nSPS) is 14.9. The predicted octanol–water partition coefficient (Wildman–Crippen LogP) is 5.26. The van der Waals surface area contributed by atoms with Gasteiger partial charge in [0.25, 0.3) is 5.91 Å². The van der Waals surface area contributed by atoms with Crippen molar-refractivity contribution in [1.29, 1.82) is 0 Å². The molecule has 1 amide bonds. The molecule has 0 fully saturated rings. The Bertz CT molecular complexity index is 1170. The molecule has 0 radical (unpaired) electrons. The van der Waals surface area contributed by atoms with Crippen LogP contribution in [0, 0.1) is 0 Å². The molecule has 1 atom stereocenters. The molecule has 0 aliphatic carbocycles. The highest BCUT2D eigenvalue weighted by atomic mass is 32.1. The first-order valence-corrected chi connectivity index (χ1v) is 10.4. The van der Waals surface area contributed by atoms with Crippen molar-refractivity contribution in [3.8, 4) is 33.9 Å². The average Bonchev–Trinajstić information content (AvgIpc) is 3.28. The van der Waals surface area contributed by atoms with Gasteiger partial charge in [-0.15, -0.1) is 11.3 Å². The van der Waals surface area contributed by atoms with Crippen molar-refractivity contribution in [3.63, 3.8) is 0 Å². The average molecular weight is 414 g/mol. The molecule has 4 aromatic rings. The van der Waals surface area contributed by atoms with Gasteiger partial charge in [-0.3, -0.25) is 10.1 Å². The van der Waals surface area contributed by atoms with E-state index in [9.17, 15) is 4.79 Å². The molecule has 0 saturated carbocycles. The number of thiazole rings is 1. The second-order valence-electron chi connectivity index (χ2n) is 6.83. The number of carbonyl (C=O) groups is 1. The number of carbonyl (C=O) groups excluding carboxylic acids is 1. The summed E-state index contributed by atoms with van der Waals surface area (Å²) in [7, 11) is 0. The van der Waals surface area contributed by atoms with E-state index in [1.165, 1.54) is 16.9 Å². The maximum Gasteiger partial charge on any atom is 0.270 e. The van der Waals surface area contributed by atoms with Gasteiger partial charge in [-0.05, 0) is 23.3 Å². The number of rotatable bonds is 4. The fourth-order valence-electron chi connectivity index (χ4n) is 3.26. The number of hydrogen-bond donors (Lipinski definition) is 1.